The number of aldehydes is 1. The summed E-state index contributed by atoms with van der Waals surface area (Å²) in [5.41, 5.74) is 2.55. The van der Waals surface area contributed by atoms with E-state index in [0.29, 0.717) is 16.9 Å². The van der Waals surface area contributed by atoms with E-state index in [9.17, 15) is 20.1 Å². The van der Waals surface area contributed by atoms with Gasteiger partial charge in [0.15, 0.2) is 0 Å². The van der Waals surface area contributed by atoms with Crippen LogP contribution in [0.25, 0.3) is 11.1 Å². The van der Waals surface area contributed by atoms with Gasteiger partial charge < -0.3 is 24.9 Å². The molecule has 4 rings (SSSR count). The Balaban J connectivity index is 1.87. The van der Waals surface area contributed by atoms with E-state index >= 15 is 0 Å². The maximum atomic E-state index is 11.8. The molecule has 0 fully saturated rings. The summed E-state index contributed by atoms with van der Waals surface area (Å²) in [4.78, 5) is 11.8. The first-order chi connectivity index (χ1) is 12.1. The normalized spacial score (nSPS) is 15.0. The van der Waals surface area contributed by atoms with Crippen LogP contribution in [0.2, 0.25) is 0 Å². The maximum absolute atomic E-state index is 11.8. The predicted octanol–water partition coefficient (Wildman–Crippen LogP) is 3.91. The number of aromatic hydroxyl groups is 3. The highest BCUT2D eigenvalue weighted by atomic mass is 16.5. The van der Waals surface area contributed by atoms with Crippen LogP contribution in [0.3, 0.4) is 0 Å². The van der Waals surface area contributed by atoms with Gasteiger partial charge in [0, 0.05) is 17.7 Å². The zero-order valence-corrected chi connectivity index (χ0v) is 13.0. The van der Waals surface area contributed by atoms with Crippen molar-refractivity contribution in [3.8, 4) is 39.9 Å². The molecule has 3 aromatic carbocycles. The van der Waals surface area contributed by atoms with Gasteiger partial charge in [-0.2, -0.15) is 0 Å². The lowest BCUT2D eigenvalue weighted by atomic mass is 9.86. The molecule has 0 saturated carbocycles. The van der Waals surface area contributed by atoms with Gasteiger partial charge in [-0.1, -0.05) is 18.2 Å². The average Bonchev–Trinajstić information content (AvgIpc) is 2.59. The summed E-state index contributed by atoms with van der Waals surface area (Å²) in [5, 5.41) is 29.5. The van der Waals surface area contributed by atoms with E-state index in [4.69, 9.17) is 4.74 Å². The van der Waals surface area contributed by atoms with Crippen molar-refractivity contribution in [1.29, 1.82) is 0 Å². The number of hydrogen-bond acceptors (Lipinski definition) is 5. The van der Waals surface area contributed by atoms with Gasteiger partial charge in [0.25, 0.3) is 0 Å². The van der Waals surface area contributed by atoms with Gasteiger partial charge in [0.1, 0.15) is 35.0 Å². The molecule has 3 aromatic rings. The summed E-state index contributed by atoms with van der Waals surface area (Å²) in [7, 11) is 0. The molecule has 0 aromatic heterocycles. The Morgan fingerprint density at radius 1 is 0.840 bits per heavy atom. The van der Waals surface area contributed by atoms with Crippen molar-refractivity contribution in [2.45, 2.75) is 5.92 Å². The first kappa shape index (κ1) is 15.1. The Hall–Kier alpha value is -3.47. The van der Waals surface area contributed by atoms with Crippen LogP contribution in [0, 0.1) is 0 Å². The fourth-order valence-corrected chi connectivity index (χ4v) is 3.16. The number of fused-ring (bicyclic) bond motifs is 2. The molecule has 0 saturated heterocycles. The molecule has 0 aliphatic carbocycles. The summed E-state index contributed by atoms with van der Waals surface area (Å²) in [6, 6.07) is 14.7. The van der Waals surface area contributed by atoms with Gasteiger partial charge >= 0.3 is 0 Å². The molecule has 25 heavy (non-hydrogen) atoms. The van der Waals surface area contributed by atoms with Gasteiger partial charge in [-0.3, -0.25) is 0 Å². The Morgan fingerprint density at radius 2 is 1.64 bits per heavy atom. The van der Waals surface area contributed by atoms with Crippen molar-refractivity contribution in [2.24, 2.45) is 0 Å². The summed E-state index contributed by atoms with van der Waals surface area (Å²) in [5.74, 6) is -0.152. The molecule has 0 spiro atoms. The van der Waals surface area contributed by atoms with Gasteiger partial charge in [0.2, 0.25) is 0 Å². The largest absolute Gasteiger partial charge is 0.508 e. The summed E-state index contributed by atoms with van der Waals surface area (Å²) < 4.78 is 5.76. The molecular formula is C20H14O5. The Bertz CT molecular complexity index is 993. The third-order valence-electron chi connectivity index (χ3n) is 4.30. The molecule has 1 aliphatic heterocycles. The summed E-state index contributed by atoms with van der Waals surface area (Å²) in [6.45, 7) is 0. The molecule has 1 heterocycles. The second-order valence-corrected chi connectivity index (χ2v) is 5.90. The molecule has 0 amide bonds. The number of carbonyl (C=O) groups is 1. The van der Waals surface area contributed by atoms with Crippen LogP contribution in [-0.2, 0) is 4.79 Å². The minimum absolute atomic E-state index is 0.138. The van der Waals surface area contributed by atoms with E-state index in [2.05, 4.69) is 0 Å². The van der Waals surface area contributed by atoms with E-state index in [1.165, 1.54) is 12.1 Å². The molecular weight excluding hydrogens is 320 g/mol. The highest BCUT2D eigenvalue weighted by Crippen LogP contribution is 2.49. The third kappa shape index (κ3) is 2.46. The zero-order valence-electron chi connectivity index (χ0n) is 13.0. The van der Waals surface area contributed by atoms with E-state index < -0.39 is 5.92 Å². The van der Waals surface area contributed by atoms with Gasteiger partial charge in [-0.15, -0.1) is 0 Å². The van der Waals surface area contributed by atoms with Crippen LogP contribution in [0.1, 0.15) is 17.0 Å². The minimum Gasteiger partial charge on any atom is -0.508 e. The molecule has 0 radical (unpaired) electrons. The van der Waals surface area contributed by atoms with Crippen LogP contribution in [0.5, 0.6) is 28.7 Å². The van der Waals surface area contributed by atoms with Gasteiger partial charge in [-0.05, 0) is 35.4 Å². The first-order valence-corrected chi connectivity index (χ1v) is 7.69. The lowest BCUT2D eigenvalue weighted by molar-refractivity contribution is -0.108. The Labute approximate surface area is 143 Å². The maximum Gasteiger partial charge on any atom is 0.139 e. The predicted molar refractivity (Wildman–Crippen MR) is 91.3 cm³/mol. The van der Waals surface area contributed by atoms with Crippen LogP contribution < -0.4 is 4.74 Å². The summed E-state index contributed by atoms with van der Waals surface area (Å²) in [6.07, 6.45) is 0.739. The van der Waals surface area contributed by atoms with Crippen molar-refractivity contribution in [3.63, 3.8) is 0 Å². The third-order valence-corrected chi connectivity index (χ3v) is 4.30. The molecule has 5 nitrogen and oxygen atoms in total. The monoisotopic (exact) mass is 334 g/mol. The van der Waals surface area contributed by atoms with E-state index in [0.717, 1.165) is 17.4 Å². The molecule has 1 aliphatic rings. The number of phenols is 3. The number of benzene rings is 3. The number of phenolic OH excluding ortho intramolecular Hbond substituents is 3. The van der Waals surface area contributed by atoms with Crippen molar-refractivity contribution >= 4 is 6.29 Å². The number of carbonyl (C=O) groups excluding carboxylic acids is 1. The highest BCUT2D eigenvalue weighted by Gasteiger charge is 2.30. The second kappa shape index (κ2) is 5.56. The fraction of sp³-hybridized carbons (Fsp3) is 0.0500. The van der Waals surface area contributed by atoms with Crippen molar-refractivity contribution in [3.05, 3.63) is 65.7 Å². The number of hydrogen-bond donors (Lipinski definition) is 3. The van der Waals surface area contributed by atoms with Crippen LogP contribution in [0.4, 0.5) is 0 Å². The van der Waals surface area contributed by atoms with Crippen LogP contribution >= 0.6 is 0 Å². The van der Waals surface area contributed by atoms with Gasteiger partial charge in [-0.25, -0.2) is 0 Å². The molecule has 1 unspecified atom stereocenters. The zero-order chi connectivity index (χ0) is 17.6. The van der Waals surface area contributed by atoms with E-state index in [-0.39, 0.29) is 23.0 Å². The SMILES string of the molecule is O=CC1c2cc(-c3cccc(O)c3)ccc2Oc2cc(O)cc(O)c21. The smallest absolute Gasteiger partial charge is 0.139 e. The lowest BCUT2D eigenvalue weighted by Crippen LogP contribution is -2.11. The fourth-order valence-electron chi connectivity index (χ4n) is 3.16. The average molecular weight is 334 g/mol. The van der Waals surface area contributed by atoms with Crippen molar-refractivity contribution < 1.29 is 24.9 Å². The molecule has 0 bridgehead atoms. The van der Waals surface area contributed by atoms with E-state index in [1.54, 1.807) is 30.3 Å². The van der Waals surface area contributed by atoms with Crippen LogP contribution in [0.15, 0.2) is 54.6 Å². The van der Waals surface area contributed by atoms with Gasteiger partial charge in [0.05, 0.1) is 11.5 Å². The molecule has 5 heteroatoms. The topological polar surface area (TPSA) is 87.0 Å². The quantitative estimate of drug-likeness (QED) is 0.619. The Kier molecular flexibility index (Phi) is 3.35. The highest BCUT2D eigenvalue weighted by molar-refractivity contribution is 5.79. The first-order valence-electron chi connectivity index (χ1n) is 7.69. The Morgan fingerprint density at radius 3 is 2.40 bits per heavy atom. The molecule has 124 valence electrons. The number of rotatable bonds is 2. The number of ether oxygens (including phenoxy) is 1. The standard InChI is InChI=1S/C20H14O5/c21-10-16-15-7-12(11-2-1-3-13(22)6-11)4-5-18(15)25-19-9-14(23)8-17(24)20(16)19/h1-10,16,22-24H. The molecule has 3 N–H and O–H groups in total. The van der Waals surface area contributed by atoms with Crippen LogP contribution in [-0.4, -0.2) is 21.6 Å². The minimum atomic E-state index is -0.711. The van der Waals surface area contributed by atoms with Crippen molar-refractivity contribution in [2.75, 3.05) is 0 Å². The lowest BCUT2D eigenvalue weighted by Gasteiger charge is -2.26. The molecule has 1 atom stereocenters. The second-order valence-electron chi connectivity index (χ2n) is 5.90. The van der Waals surface area contributed by atoms with E-state index in [1.807, 2.05) is 12.1 Å². The van der Waals surface area contributed by atoms with Crippen molar-refractivity contribution in [1.82, 2.24) is 0 Å². The summed E-state index contributed by atoms with van der Waals surface area (Å²) >= 11 is 0.